The van der Waals surface area contributed by atoms with Crippen molar-refractivity contribution in [3.05, 3.63) is 59.2 Å². The van der Waals surface area contributed by atoms with E-state index in [4.69, 9.17) is 0 Å². The number of carboxylic acids is 1. The Morgan fingerprint density at radius 3 is 2.38 bits per heavy atom. The number of hydrogen-bond donors (Lipinski definition) is 3. The zero-order chi connectivity index (χ0) is 23.4. The van der Waals surface area contributed by atoms with Gasteiger partial charge in [0.15, 0.2) is 0 Å². The van der Waals surface area contributed by atoms with Gasteiger partial charge >= 0.3 is 12.1 Å². The lowest BCUT2D eigenvalue weighted by Gasteiger charge is -2.34. The van der Waals surface area contributed by atoms with Crippen LogP contribution in [0.2, 0.25) is 0 Å². The summed E-state index contributed by atoms with van der Waals surface area (Å²) in [6, 6.07) is 9.53. The van der Waals surface area contributed by atoms with Gasteiger partial charge in [0, 0.05) is 12.2 Å². The Kier molecular flexibility index (Phi) is 7.23. The first kappa shape index (κ1) is 23.8. The number of aliphatic hydroxyl groups is 1. The Morgan fingerprint density at radius 2 is 1.75 bits per heavy atom. The van der Waals surface area contributed by atoms with E-state index in [1.807, 2.05) is 0 Å². The van der Waals surface area contributed by atoms with Crippen molar-refractivity contribution < 1.29 is 33.0 Å². The molecule has 1 aliphatic carbocycles. The van der Waals surface area contributed by atoms with Crippen LogP contribution < -0.4 is 5.32 Å². The van der Waals surface area contributed by atoms with Crippen LogP contribution in [0.1, 0.15) is 60.0 Å². The van der Waals surface area contributed by atoms with Gasteiger partial charge in [0.2, 0.25) is 0 Å². The number of nitrogens with one attached hydrogen (secondary N) is 1. The Balaban J connectivity index is 1.98. The number of aryl methyl sites for hydroxylation is 1. The second-order valence-corrected chi connectivity index (χ2v) is 8.18. The predicted molar refractivity (Wildman–Crippen MR) is 113 cm³/mol. The van der Waals surface area contributed by atoms with Gasteiger partial charge in [0.05, 0.1) is 5.56 Å². The molecule has 0 bridgehead atoms. The number of aliphatic hydroxyl groups excluding tert-OH is 1. The van der Waals surface area contributed by atoms with Crippen LogP contribution in [0.15, 0.2) is 42.5 Å². The molecule has 0 aromatic heterocycles. The van der Waals surface area contributed by atoms with E-state index in [2.05, 4.69) is 5.32 Å². The van der Waals surface area contributed by atoms with Crippen LogP contribution in [0.3, 0.4) is 0 Å². The molecule has 172 valence electrons. The van der Waals surface area contributed by atoms with E-state index in [1.165, 1.54) is 24.3 Å². The molecule has 3 N–H and O–H groups in total. The van der Waals surface area contributed by atoms with Crippen molar-refractivity contribution >= 4 is 11.9 Å². The lowest BCUT2D eigenvalue weighted by molar-refractivity contribution is -0.146. The summed E-state index contributed by atoms with van der Waals surface area (Å²) in [6.45, 7) is -0.0780. The molecule has 0 saturated heterocycles. The number of halogens is 3. The van der Waals surface area contributed by atoms with E-state index in [9.17, 15) is 33.0 Å². The third-order valence-electron chi connectivity index (χ3n) is 5.95. The molecule has 3 rings (SSSR count). The molecule has 0 atom stereocenters. The highest BCUT2D eigenvalue weighted by Gasteiger charge is 2.41. The van der Waals surface area contributed by atoms with E-state index in [1.54, 1.807) is 6.07 Å². The number of carbonyl (C=O) groups is 2. The molecule has 32 heavy (non-hydrogen) atoms. The molecule has 1 fully saturated rings. The number of carbonyl (C=O) groups excluding carboxylic acids is 1. The van der Waals surface area contributed by atoms with Gasteiger partial charge in [-0.05, 0) is 66.6 Å². The fourth-order valence-electron chi connectivity index (χ4n) is 4.17. The van der Waals surface area contributed by atoms with Gasteiger partial charge in [-0.2, -0.15) is 13.2 Å². The number of hydrogen-bond acceptors (Lipinski definition) is 3. The van der Waals surface area contributed by atoms with Crippen molar-refractivity contribution in [2.45, 2.75) is 56.7 Å². The van der Waals surface area contributed by atoms with Crippen molar-refractivity contribution in [1.82, 2.24) is 5.32 Å². The standard InChI is InChI=1S/C24H26F3NO4/c25-24(26,27)19-8-4-6-17(14-19)20-15-18(10-9-16(20)7-5-13-29)21(30)28-23(22(31)32)11-2-1-3-12-23/h4,6,8-10,14-15,29H,1-3,5,7,11-13H2,(H,28,30)(H,31,32). The Hall–Kier alpha value is -2.87. The molecule has 1 saturated carbocycles. The van der Waals surface area contributed by atoms with Crippen molar-refractivity contribution in [3.63, 3.8) is 0 Å². The van der Waals surface area contributed by atoms with Crippen molar-refractivity contribution in [2.75, 3.05) is 6.61 Å². The zero-order valence-corrected chi connectivity index (χ0v) is 17.5. The highest BCUT2D eigenvalue weighted by atomic mass is 19.4. The van der Waals surface area contributed by atoms with Gasteiger partial charge in [-0.1, -0.05) is 37.5 Å². The zero-order valence-electron chi connectivity index (χ0n) is 17.5. The number of alkyl halides is 3. The van der Waals surface area contributed by atoms with Gasteiger partial charge < -0.3 is 15.5 Å². The summed E-state index contributed by atoms with van der Waals surface area (Å²) in [7, 11) is 0. The summed E-state index contributed by atoms with van der Waals surface area (Å²) in [4.78, 5) is 24.9. The van der Waals surface area contributed by atoms with E-state index in [0.717, 1.165) is 18.6 Å². The number of rotatable bonds is 7. The van der Waals surface area contributed by atoms with Crippen molar-refractivity contribution in [1.29, 1.82) is 0 Å². The molecular formula is C24H26F3NO4. The molecule has 0 unspecified atom stereocenters. The second-order valence-electron chi connectivity index (χ2n) is 8.18. The molecule has 1 aliphatic rings. The average molecular weight is 449 g/mol. The van der Waals surface area contributed by atoms with Crippen LogP contribution in [0.25, 0.3) is 11.1 Å². The van der Waals surface area contributed by atoms with Gasteiger partial charge in [-0.25, -0.2) is 4.79 Å². The predicted octanol–water partition coefficient (Wildman–Crippen LogP) is 4.81. The molecule has 0 spiro atoms. The maximum Gasteiger partial charge on any atom is 0.416 e. The minimum atomic E-state index is -4.51. The fourth-order valence-corrected chi connectivity index (χ4v) is 4.17. The maximum absolute atomic E-state index is 13.2. The quantitative estimate of drug-likeness (QED) is 0.566. The summed E-state index contributed by atoms with van der Waals surface area (Å²) in [6.07, 6.45) is -0.700. The number of amides is 1. The molecule has 1 amide bonds. The topological polar surface area (TPSA) is 86.6 Å². The molecule has 0 heterocycles. The minimum absolute atomic E-state index is 0.0780. The lowest BCUT2D eigenvalue weighted by Crippen LogP contribution is -2.55. The van der Waals surface area contributed by atoms with E-state index in [0.29, 0.717) is 55.2 Å². The number of carboxylic acid groups (broad SMARTS) is 1. The molecular weight excluding hydrogens is 423 g/mol. The van der Waals surface area contributed by atoms with E-state index in [-0.39, 0.29) is 12.2 Å². The minimum Gasteiger partial charge on any atom is -0.480 e. The van der Waals surface area contributed by atoms with Gasteiger partial charge in [0.25, 0.3) is 5.91 Å². The Morgan fingerprint density at radius 1 is 1.03 bits per heavy atom. The van der Waals surface area contributed by atoms with Crippen LogP contribution in [0.4, 0.5) is 13.2 Å². The third kappa shape index (κ3) is 5.30. The number of benzene rings is 2. The van der Waals surface area contributed by atoms with E-state index < -0.39 is 29.2 Å². The Labute approximate surface area is 184 Å². The average Bonchev–Trinajstić information content (AvgIpc) is 2.77. The monoisotopic (exact) mass is 449 g/mol. The normalized spacial score (nSPS) is 15.9. The highest BCUT2D eigenvalue weighted by molar-refractivity contribution is 5.99. The van der Waals surface area contributed by atoms with Gasteiger partial charge in [-0.15, -0.1) is 0 Å². The van der Waals surface area contributed by atoms with Crippen LogP contribution in [-0.4, -0.2) is 34.2 Å². The molecule has 5 nitrogen and oxygen atoms in total. The van der Waals surface area contributed by atoms with E-state index >= 15 is 0 Å². The summed E-state index contributed by atoms with van der Waals surface area (Å²) in [5.74, 6) is -1.65. The maximum atomic E-state index is 13.2. The smallest absolute Gasteiger partial charge is 0.416 e. The van der Waals surface area contributed by atoms with Crippen LogP contribution in [-0.2, 0) is 17.4 Å². The lowest BCUT2D eigenvalue weighted by atomic mass is 9.81. The Bertz CT molecular complexity index is 981. The third-order valence-corrected chi connectivity index (χ3v) is 5.95. The number of aliphatic carboxylic acids is 1. The molecule has 8 heteroatoms. The molecule has 0 radical (unpaired) electrons. The first-order valence-electron chi connectivity index (χ1n) is 10.6. The van der Waals surface area contributed by atoms with Gasteiger partial charge in [0.1, 0.15) is 5.54 Å². The summed E-state index contributed by atoms with van der Waals surface area (Å²) >= 11 is 0. The van der Waals surface area contributed by atoms with Crippen molar-refractivity contribution in [3.8, 4) is 11.1 Å². The summed E-state index contributed by atoms with van der Waals surface area (Å²) < 4.78 is 39.7. The van der Waals surface area contributed by atoms with Crippen LogP contribution >= 0.6 is 0 Å². The van der Waals surface area contributed by atoms with Crippen molar-refractivity contribution in [2.24, 2.45) is 0 Å². The SMILES string of the molecule is O=C(NC1(C(=O)O)CCCCC1)c1ccc(CCCO)c(-c2cccc(C(F)(F)F)c2)c1. The van der Waals surface area contributed by atoms with Gasteiger partial charge in [-0.3, -0.25) is 4.79 Å². The first-order chi connectivity index (χ1) is 15.2. The molecule has 2 aromatic rings. The first-order valence-corrected chi connectivity index (χ1v) is 10.6. The van der Waals surface area contributed by atoms with Crippen LogP contribution in [0.5, 0.6) is 0 Å². The second kappa shape index (κ2) is 9.73. The van der Waals surface area contributed by atoms with Crippen LogP contribution in [0, 0.1) is 0 Å². The fraction of sp³-hybridized carbons (Fsp3) is 0.417. The highest BCUT2D eigenvalue weighted by Crippen LogP contribution is 2.34. The largest absolute Gasteiger partial charge is 0.480 e. The molecule has 2 aromatic carbocycles. The molecule has 0 aliphatic heterocycles. The summed E-state index contributed by atoms with van der Waals surface area (Å²) in [5, 5.41) is 21.6. The summed E-state index contributed by atoms with van der Waals surface area (Å²) in [5.41, 5.74) is -0.513.